The maximum absolute atomic E-state index is 13.2. The quantitative estimate of drug-likeness (QED) is 0.358. The second-order valence-electron chi connectivity index (χ2n) is 10.1. The summed E-state index contributed by atoms with van der Waals surface area (Å²) in [5.41, 5.74) is 2.93. The van der Waals surface area contributed by atoms with E-state index in [1.54, 1.807) is 20.8 Å². The van der Waals surface area contributed by atoms with E-state index in [9.17, 15) is 18.0 Å². The summed E-state index contributed by atoms with van der Waals surface area (Å²) in [6.45, 7) is 10.9. The van der Waals surface area contributed by atoms with Crippen LogP contribution in [-0.4, -0.2) is 64.0 Å². The summed E-state index contributed by atoms with van der Waals surface area (Å²) in [6.07, 6.45) is 0.349. The van der Waals surface area contributed by atoms with Crippen LogP contribution in [0.3, 0.4) is 0 Å². The monoisotopic (exact) mass is 529 g/mol. The highest BCUT2D eigenvalue weighted by molar-refractivity contribution is 7.86. The summed E-state index contributed by atoms with van der Waals surface area (Å²) in [5.74, 6) is -0.887. The van der Waals surface area contributed by atoms with E-state index in [4.69, 9.17) is 23.1 Å². The Balaban J connectivity index is 2.27. The van der Waals surface area contributed by atoms with E-state index in [0.29, 0.717) is 13.0 Å². The Morgan fingerprint density at radius 1 is 1.14 bits per heavy atom. The zero-order valence-corrected chi connectivity index (χ0v) is 23.0. The van der Waals surface area contributed by atoms with Crippen molar-refractivity contribution in [3.8, 4) is 0 Å². The first-order chi connectivity index (χ1) is 16.6. The van der Waals surface area contributed by atoms with Crippen LogP contribution in [0.2, 0.25) is 0 Å². The molecule has 36 heavy (non-hydrogen) atoms. The maximum atomic E-state index is 13.2. The molecular weight excluding hydrogens is 490 g/mol. The molecule has 0 aromatic heterocycles. The number of benzene rings is 1. The Morgan fingerprint density at radius 2 is 1.78 bits per heavy atom. The van der Waals surface area contributed by atoms with Gasteiger partial charge >= 0.3 is 12.1 Å². The molecule has 11 heteroatoms. The fourth-order valence-corrected chi connectivity index (χ4v) is 4.47. The summed E-state index contributed by atoms with van der Waals surface area (Å²) in [5, 5.41) is 2.41. The first kappa shape index (κ1) is 30.0. The predicted molar refractivity (Wildman–Crippen MR) is 133 cm³/mol. The molecule has 1 unspecified atom stereocenters. The van der Waals surface area contributed by atoms with Gasteiger partial charge in [-0.2, -0.15) is 8.42 Å². The molecule has 0 bridgehead atoms. The molecule has 10 nitrogen and oxygen atoms in total. The number of carbonyl (C=O) groups is 2. The fourth-order valence-electron chi connectivity index (χ4n) is 3.86. The number of hydrogen-bond acceptors (Lipinski definition) is 9. The molecule has 1 aliphatic heterocycles. The van der Waals surface area contributed by atoms with Crippen molar-refractivity contribution in [3.05, 3.63) is 34.4 Å². The van der Waals surface area contributed by atoms with Crippen molar-refractivity contribution in [2.24, 2.45) is 0 Å². The van der Waals surface area contributed by atoms with Crippen molar-refractivity contribution in [1.29, 1.82) is 0 Å². The van der Waals surface area contributed by atoms with Crippen LogP contribution < -0.4 is 5.32 Å². The van der Waals surface area contributed by atoms with Crippen LogP contribution in [0, 0.1) is 20.8 Å². The van der Waals surface area contributed by atoms with Crippen LogP contribution in [0.5, 0.6) is 0 Å². The lowest BCUT2D eigenvalue weighted by Gasteiger charge is -2.29. The number of nitrogens with one attached hydrogen (secondary N) is 1. The molecule has 0 aliphatic carbocycles. The highest BCUT2D eigenvalue weighted by atomic mass is 32.2. The largest absolute Gasteiger partial charge is 0.459 e. The number of aryl methyl sites for hydroxylation is 3. The standard InChI is InChI=1S/C25H39NO9S/c1-16-12-17(2)19(18(3)13-16)14-33-23(27)22(26-24(28)34-25(4,5)6)20(35-36(7,29)30)15-32-21-10-8-9-11-31-21/h12-13,20-22H,8-11,14-15H2,1-7H3,(H,26,28)/t20-,21?,22+/m0/s1. The third kappa shape index (κ3) is 10.4. The Bertz CT molecular complexity index is 988. The normalized spacial score (nSPS) is 18.2. The van der Waals surface area contributed by atoms with Gasteiger partial charge in [-0.25, -0.2) is 9.59 Å². The SMILES string of the molecule is Cc1cc(C)c(COC(=O)[C@H](NC(=O)OC(C)(C)C)[C@H](COC2CCCCO2)OS(C)(=O)=O)c(C)c1. The zero-order valence-electron chi connectivity index (χ0n) is 22.2. The van der Waals surface area contributed by atoms with E-state index in [-0.39, 0.29) is 13.2 Å². The molecule has 1 aromatic carbocycles. The summed E-state index contributed by atoms with van der Waals surface area (Å²) >= 11 is 0. The summed E-state index contributed by atoms with van der Waals surface area (Å²) in [7, 11) is -4.03. The molecule has 1 heterocycles. The lowest BCUT2D eigenvalue weighted by Crippen LogP contribution is -2.54. The van der Waals surface area contributed by atoms with E-state index in [2.05, 4.69) is 5.32 Å². The summed E-state index contributed by atoms with van der Waals surface area (Å²) in [4.78, 5) is 25.8. The smallest absolute Gasteiger partial charge is 0.408 e. The highest BCUT2D eigenvalue weighted by Gasteiger charge is 2.37. The number of hydrogen-bond donors (Lipinski definition) is 1. The molecule has 204 valence electrons. The molecule has 1 saturated heterocycles. The van der Waals surface area contributed by atoms with E-state index < -0.39 is 46.2 Å². The third-order valence-corrected chi connectivity index (χ3v) is 5.98. The number of amides is 1. The number of ether oxygens (including phenoxy) is 4. The van der Waals surface area contributed by atoms with Gasteiger partial charge in [-0.1, -0.05) is 17.7 Å². The average molecular weight is 530 g/mol. The lowest BCUT2D eigenvalue weighted by atomic mass is 10.0. The van der Waals surface area contributed by atoms with Gasteiger partial charge in [-0.3, -0.25) is 4.18 Å². The molecule has 0 saturated carbocycles. The van der Waals surface area contributed by atoms with E-state index in [1.807, 2.05) is 32.9 Å². The van der Waals surface area contributed by atoms with Gasteiger partial charge in [0, 0.05) is 6.61 Å². The molecule has 1 aliphatic rings. The van der Waals surface area contributed by atoms with Crippen LogP contribution in [-0.2, 0) is 44.7 Å². The van der Waals surface area contributed by atoms with Gasteiger partial charge in [0.05, 0.1) is 12.9 Å². The van der Waals surface area contributed by atoms with Crippen molar-refractivity contribution in [2.75, 3.05) is 19.5 Å². The highest BCUT2D eigenvalue weighted by Crippen LogP contribution is 2.20. The fraction of sp³-hybridized carbons (Fsp3) is 0.680. The second-order valence-corrected chi connectivity index (χ2v) is 11.7. The molecule has 0 radical (unpaired) electrons. The van der Waals surface area contributed by atoms with Crippen molar-refractivity contribution in [1.82, 2.24) is 5.32 Å². The van der Waals surface area contributed by atoms with Crippen LogP contribution in [0.25, 0.3) is 0 Å². The van der Waals surface area contributed by atoms with Gasteiger partial charge in [0.1, 0.15) is 18.3 Å². The first-order valence-corrected chi connectivity index (χ1v) is 13.8. The van der Waals surface area contributed by atoms with E-state index in [1.165, 1.54) is 0 Å². The molecule has 0 spiro atoms. The van der Waals surface area contributed by atoms with Crippen LogP contribution in [0.1, 0.15) is 62.3 Å². The van der Waals surface area contributed by atoms with Gasteiger partial charge < -0.3 is 24.3 Å². The van der Waals surface area contributed by atoms with Crippen LogP contribution in [0.15, 0.2) is 12.1 Å². The Hall–Kier alpha value is -2.21. The Labute approximate surface area is 214 Å². The van der Waals surface area contributed by atoms with Crippen molar-refractivity contribution in [3.63, 3.8) is 0 Å². The maximum Gasteiger partial charge on any atom is 0.408 e. The molecule has 1 fully saturated rings. The first-order valence-electron chi connectivity index (χ1n) is 12.0. The Morgan fingerprint density at radius 3 is 2.31 bits per heavy atom. The van der Waals surface area contributed by atoms with Crippen LogP contribution >= 0.6 is 0 Å². The van der Waals surface area contributed by atoms with E-state index in [0.717, 1.165) is 41.4 Å². The van der Waals surface area contributed by atoms with Crippen molar-refractivity contribution in [2.45, 2.75) is 91.4 Å². The summed E-state index contributed by atoms with van der Waals surface area (Å²) < 4.78 is 51.3. The van der Waals surface area contributed by atoms with Crippen LogP contribution in [0.4, 0.5) is 4.79 Å². The van der Waals surface area contributed by atoms with Gasteiger partial charge in [-0.15, -0.1) is 0 Å². The molecule has 1 amide bonds. The molecule has 2 rings (SSSR count). The number of carbonyl (C=O) groups excluding carboxylic acids is 2. The zero-order chi connectivity index (χ0) is 27.1. The second kappa shape index (κ2) is 12.8. The number of esters is 1. The van der Waals surface area contributed by atoms with Gasteiger partial charge in [-0.05, 0) is 77.5 Å². The minimum atomic E-state index is -4.03. The minimum absolute atomic E-state index is 0.0680. The van der Waals surface area contributed by atoms with E-state index >= 15 is 0 Å². The summed E-state index contributed by atoms with van der Waals surface area (Å²) in [6, 6.07) is 2.42. The topological polar surface area (TPSA) is 126 Å². The Kier molecular flexibility index (Phi) is 10.7. The van der Waals surface area contributed by atoms with Gasteiger partial charge in [0.15, 0.2) is 12.3 Å². The average Bonchev–Trinajstić information content (AvgIpc) is 2.73. The predicted octanol–water partition coefficient (Wildman–Crippen LogP) is 3.44. The van der Waals surface area contributed by atoms with Crippen molar-refractivity contribution < 1.29 is 41.1 Å². The molecule has 1 aromatic rings. The lowest BCUT2D eigenvalue weighted by molar-refractivity contribution is -0.178. The van der Waals surface area contributed by atoms with Crippen molar-refractivity contribution >= 4 is 22.2 Å². The van der Waals surface area contributed by atoms with Gasteiger partial charge in [0.25, 0.3) is 10.1 Å². The third-order valence-electron chi connectivity index (χ3n) is 5.38. The molecule has 3 atom stereocenters. The minimum Gasteiger partial charge on any atom is -0.459 e. The molecular formula is C25H39NO9S. The number of alkyl carbamates (subject to hydrolysis) is 1. The molecule has 1 N–H and O–H groups in total. The number of rotatable bonds is 10. The van der Waals surface area contributed by atoms with Gasteiger partial charge in [0.2, 0.25) is 0 Å².